The zero-order valence-electron chi connectivity index (χ0n) is 15.0. The molecular formula is C20H20O9. The predicted octanol–water partition coefficient (Wildman–Crippen LogP) is 0.265. The maximum atomic E-state index is 11.3. The minimum absolute atomic E-state index is 0.196. The lowest BCUT2D eigenvalue weighted by atomic mass is 9.89. The first-order valence-corrected chi connectivity index (χ1v) is 8.75. The number of aliphatic hydroxyl groups is 4. The second-order valence-electron chi connectivity index (χ2n) is 6.78. The fourth-order valence-electron chi connectivity index (χ4n) is 3.31. The number of aliphatic hydroxyl groups excluding tert-OH is 4. The molecule has 1 aliphatic rings. The van der Waals surface area contributed by atoms with Gasteiger partial charge in [-0.1, -0.05) is 18.2 Å². The molecule has 0 aliphatic carbocycles. The Kier molecular flexibility index (Phi) is 5.96. The SMILES string of the molecule is O=C(O)c1cc(C(=O)O)cc(-c2cccc(C3OC(CO)C(O)C(O)C3O)c2)c1. The minimum atomic E-state index is -1.54. The molecule has 1 aliphatic heterocycles. The van der Waals surface area contributed by atoms with Crippen LogP contribution in [0.5, 0.6) is 0 Å². The van der Waals surface area contributed by atoms with Crippen molar-refractivity contribution >= 4 is 11.9 Å². The Balaban J connectivity index is 2.02. The van der Waals surface area contributed by atoms with Crippen molar-refractivity contribution in [3.05, 3.63) is 59.2 Å². The summed E-state index contributed by atoms with van der Waals surface area (Å²) in [6.07, 6.45) is -6.63. The van der Waals surface area contributed by atoms with Crippen molar-refractivity contribution in [3.8, 4) is 11.1 Å². The second kappa shape index (κ2) is 8.27. The lowest BCUT2D eigenvalue weighted by Crippen LogP contribution is -2.55. The monoisotopic (exact) mass is 404 g/mol. The molecule has 0 radical (unpaired) electrons. The normalized spacial score (nSPS) is 26.8. The summed E-state index contributed by atoms with van der Waals surface area (Å²) in [5.74, 6) is -2.56. The van der Waals surface area contributed by atoms with Crippen LogP contribution in [-0.2, 0) is 4.74 Å². The molecule has 1 saturated heterocycles. The minimum Gasteiger partial charge on any atom is -0.478 e. The molecule has 29 heavy (non-hydrogen) atoms. The highest BCUT2D eigenvalue weighted by Gasteiger charge is 2.43. The van der Waals surface area contributed by atoms with E-state index in [2.05, 4.69) is 0 Å². The van der Waals surface area contributed by atoms with Crippen LogP contribution in [0.3, 0.4) is 0 Å². The van der Waals surface area contributed by atoms with Crippen LogP contribution >= 0.6 is 0 Å². The number of carbonyl (C=O) groups is 2. The summed E-state index contributed by atoms with van der Waals surface area (Å²) in [5, 5.41) is 58.0. The smallest absolute Gasteiger partial charge is 0.335 e. The van der Waals surface area contributed by atoms with Crippen molar-refractivity contribution in [3.63, 3.8) is 0 Å². The summed E-state index contributed by atoms with van der Waals surface area (Å²) in [6, 6.07) is 10.1. The summed E-state index contributed by atoms with van der Waals surface area (Å²) >= 11 is 0. The first-order chi connectivity index (χ1) is 13.7. The second-order valence-corrected chi connectivity index (χ2v) is 6.78. The van der Waals surface area contributed by atoms with E-state index in [-0.39, 0.29) is 11.1 Å². The van der Waals surface area contributed by atoms with Crippen molar-refractivity contribution in [1.82, 2.24) is 0 Å². The fourth-order valence-corrected chi connectivity index (χ4v) is 3.31. The Labute approximate surface area is 165 Å². The zero-order valence-corrected chi connectivity index (χ0v) is 15.0. The molecule has 6 N–H and O–H groups in total. The molecule has 1 heterocycles. The number of hydrogen-bond donors (Lipinski definition) is 6. The van der Waals surface area contributed by atoms with Crippen molar-refractivity contribution in [2.45, 2.75) is 30.5 Å². The van der Waals surface area contributed by atoms with Gasteiger partial charge in [0.2, 0.25) is 0 Å². The number of aromatic carboxylic acids is 2. The summed E-state index contributed by atoms with van der Waals surface area (Å²) in [7, 11) is 0. The quantitative estimate of drug-likeness (QED) is 0.410. The molecule has 0 saturated carbocycles. The van der Waals surface area contributed by atoms with E-state index >= 15 is 0 Å². The lowest BCUT2D eigenvalue weighted by molar-refractivity contribution is -0.231. The average Bonchev–Trinajstić information content (AvgIpc) is 2.72. The van der Waals surface area contributed by atoms with E-state index in [0.29, 0.717) is 16.7 Å². The van der Waals surface area contributed by atoms with Gasteiger partial charge in [-0.15, -0.1) is 0 Å². The van der Waals surface area contributed by atoms with Crippen LogP contribution < -0.4 is 0 Å². The molecule has 2 aromatic carbocycles. The Morgan fingerprint density at radius 1 is 0.828 bits per heavy atom. The number of rotatable bonds is 5. The number of carboxylic acids is 2. The van der Waals surface area contributed by atoms with Crippen LogP contribution in [0.15, 0.2) is 42.5 Å². The van der Waals surface area contributed by atoms with Gasteiger partial charge < -0.3 is 35.4 Å². The number of hydrogen-bond acceptors (Lipinski definition) is 7. The first kappa shape index (κ1) is 20.9. The standard InChI is InChI=1S/C20H20O9/c21-8-14-15(22)16(23)17(24)18(29-14)10-3-1-2-9(4-10)11-5-12(19(25)26)7-13(6-11)20(27)28/h1-7,14-18,21-24H,8H2,(H,25,26)(H,27,28). The van der Waals surface area contributed by atoms with E-state index in [1.165, 1.54) is 12.1 Å². The summed E-state index contributed by atoms with van der Waals surface area (Å²) in [4.78, 5) is 22.7. The first-order valence-electron chi connectivity index (χ1n) is 8.75. The third-order valence-corrected chi connectivity index (χ3v) is 4.87. The third kappa shape index (κ3) is 4.14. The molecule has 5 atom stereocenters. The summed E-state index contributed by atoms with van der Waals surface area (Å²) in [5.41, 5.74) is 0.798. The van der Waals surface area contributed by atoms with Crippen molar-refractivity contribution < 1.29 is 45.0 Å². The van der Waals surface area contributed by atoms with Gasteiger partial charge >= 0.3 is 11.9 Å². The van der Waals surface area contributed by atoms with Crippen molar-refractivity contribution in [2.24, 2.45) is 0 Å². The van der Waals surface area contributed by atoms with E-state index in [1.54, 1.807) is 24.3 Å². The Morgan fingerprint density at radius 2 is 1.45 bits per heavy atom. The number of carboxylic acid groups (broad SMARTS) is 2. The molecule has 2 aromatic rings. The van der Waals surface area contributed by atoms with Gasteiger partial charge in [-0.3, -0.25) is 0 Å². The van der Waals surface area contributed by atoms with Crippen molar-refractivity contribution in [2.75, 3.05) is 6.61 Å². The molecule has 9 nitrogen and oxygen atoms in total. The number of ether oxygens (including phenoxy) is 1. The highest BCUT2D eigenvalue weighted by Crippen LogP contribution is 2.34. The molecule has 0 amide bonds. The Hall–Kier alpha value is -2.82. The molecule has 3 rings (SSSR count). The topological polar surface area (TPSA) is 165 Å². The fraction of sp³-hybridized carbons (Fsp3) is 0.300. The maximum absolute atomic E-state index is 11.3. The van der Waals surface area contributed by atoms with E-state index in [9.17, 15) is 40.2 Å². The van der Waals surface area contributed by atoms with E-state index in [4.69, 9.17) is 4.74 Å². The molecule has 154 valence electrons. The average molecular weight is 404 g/mol. The Bertz CT molecular complexity index is 892. The van der Waals surface area contributed by atoms with Gasteiger partial charge in [0, 0.05) is 0 Å². The lowest BCUT2D eigenvalue weighted by Gasteiger charge is -2.40. The molecular weight excluding hydrogens is 384 g/mol. The molecule has 0 bridgehead atoms. The molecule has 0 spiro atoms. The van der Waals surface area contributed by atoms with Crippen LogP contribution in [0.25, 0.3) is 11.1 Å². The molecule has 0 aromatic heterocycles. The largest absolute Gasteiger partial charge is 0.478 e. The van der Waals surface area contributed by atoms with Crippen LogP contribution in [0.1, 0.15) is 32.4 Å². The number of benzene rings is 2. The van der Waals surface area contributed by atoms with Gasteiger partial charge in [-0.05, 0) is 41.0 Å². The predicted molar refractivity (Wildman–Crippen MR) is 98.5 cm³/mol. The van der Waals surface area contributed by atoms with Crippen LogP contribution in [0, 0.1) is 0 Å². The highest BCUT2D eigenvalue weighted by atomic mass is 16.5. The summed E-state index contributed by atoms with van der Waals surface area (Å²) < 4.78 is 5.53. The van der Waals surface area contributed by atoms with E-state index in [0.717, 1.165) is 6.07 Å². The van der Waals surface area contributed by atoms with Gasteiger partial charge in [0.15, 0.2) is 0 Å². The van der Waals surface area contributed by atoms with E-state index < -0.39 is 49.1 Å². The van der Waals surface area contributed by atoms with Crippen LogP contribution in [0.4, 0.5) is 0 Å². The molecule has 9 heteroatoms. The zero-order chi connectivity index (χ0) is 21.3. The molecule has 1 fully saturated rings. The van der Waals surface area contributed by atoms with Gasteiger partial charge in [-0.2, -0.15) is 0 Å². The van der Waals surface area contributed by atoms with Gasteiger partial charge in [0.25, 0.3) is 0 Å². The highest BCUT2D eigenvalue weighted by molar-refractivity contribution is 5.96. The van der Waals surface area contributed by atoms with Crippen LogP contribution in [0.2, 0.25) is 0 Å². The third-order valence-electron chi connectivity index (χ3n) is 4.87. The molecule has 5 unspecified atom stereocenters. The maximum Gasteiger partial charge on any atom is 0.335 e. The van der Waals surface area contributed by atoms with Gasteiger partial charge in [-0.25, -0.2) is 9.59 Å². The van der Waals surface area contributed by atoms with Crippen molar-refractivity contribution in [1.29, 1.82) is 0 Å². The Morgan fingerprint density at radius 3 is 2.00 bits per heavy atom. The summed E-state index contributed by atoms with van der Waals surface area (Å²) in [6.45, 7) is -0.566. The van der Waals surface area contributed by atoms with E-state index in [1.807, 2.05) is 0 Å². The van der Waals surface area contributed by atoms with Gasteiger partial charge in [0.05, 0.1) is 17.7 Å². The van der Waals surface area contributed by atoms with Gasteiger partial charge in [0.1, 0.15) is 30.5 Å². The van der Waals surface area contributed by atoms with Crippen LogP contribution in [-0.4, -0.2) is 73.6 Å².